The molecule has 1 aromatic carbocycles. The van der Waals surface area contributed by atoms with Crippen LogP contribution in [0.3, 0.4) is 0 Å². The molecule has 1 fully saturated rings. The fourth-order valence-corrected chi connectivity index (χ4v) is 1.11. The van der Waals surface area contributed by atoms with Crippen molar-refractivity contribution in [2.45, 2.75) is 23.9 Å². The standard InChI is InChI=1S/C7H5F3.C3H5FS/c8-7(9,10)6-4-2-1-3-5-6;1-2-3(4)5-2/h1-5H;2-3H,1H3. The summed E-state index contributed by atoms with van der Waals surface area (Å²) in [6.45, 7) is 1.88. The minimum atomic E-state index is -4.21. The summed E-state index contributed by atoms with van der Waals surface area (Å²) in [5, 5.41) is 0.301. The van der Waals surface area contributed by atoms with Gasteiger partial charge in [0.15, 0.2) is 5.50 Å². The van der Waals surface area contributed by atoms with E-state index in [9.17, 15) is 17.6 Å². The average Bonchev–Trinajstić information content (AvgIpc) is 2.81. The lowest BCUT2D eigenvalue weighted by atomic mass is 10.2. The van der Waals surface area contributed by atoms with Crippen LogP contribution in [0, 0.1) is 0 Å². The van der Waals surface area contributed by atoms with E-state index in [-0.39, 0.29) is 0 Å². The predicted molar refractivity (Wildman–Crippen MR) is 53.4 cm³/mol. The molecule has 1 heterocycles. The smallest absolute Gasteiger partial charge is 0.234 e. The molecule has 0 aliphatic carbocycles. The molecule has 2 unspecified atom stereocenters. The third kappa shape index (κ3) is 4.55. The van der Waals surface area contributed by atoms with Gasteiger partial charge in [-0.2, -0.15) is 13.2 Å². The van der Waals surface area contributed by atoms with Crippen molar-refractivity contribution in [2.24, 2.45) is 0 Å². The van der Waals surface area contributed by atoms with E-state index >= 15 is 0 Å². The summed E-state index contributed by atoms with van der Waals surface area (Å²) in [7, 11) is 0. The maximum absolute atomic E-state index is 11.8. The van der Waals surface area contributed by atoms with E-state index in [0.29, 0.717) is 5.25 Å². The largest absolute Gasteiger partial charge is 0.416 e. The fourth-order valence-electron chi connectivity index (χ4n) is 0.787. The Bertz CT molecular complexity index is 290. The van der Waals surface area contributed by atoms with Crippen LogP contribution in [-0.2, 0) is 6.18 Å². The van der Waals surface area contributed by atoms with Crippen LogP contribution in [-0.4, -0.2) is 10.8 Å². The summed E-state index contributed by atoms with van der Waals surface area (Å²) in [5.74, 6) is 0. The summed E-state index contributed by atoms with van der Waals surface area (Å²) in [6.07, 6.45) is -4.21. The molecule has 2 atom stereocenters. The number of benzene rings is 1. The second-order valence-electron chi connectivity index (χ2n) is 3.06. The summed E-state index contributed by atoms with van der Waals surface area (Å²) >= 11 is 1.38. The van der Waals surface area contributed by atoms with Crippen LogP contribution >= 0.6 is 11.8 Å². The highest BCUT2D eigenvalue weighted by molar-refractivity contribution is 8.07. The molecule has 0 radical (unpaired) electrons. The molecule has 5 heteroatoms. The van der Waals surface area contributed by atoms with Crippen molar-refractivity contribution in [3.05, 3.63) is 35.9 Å². The molecule has 0 bridgehead atoms. The van der Waals surface area contributed by atoms with Crippen LogP contribution in [0.25, 0.3) is 0 Å². The molecule has 1 aromatic rings. The fraction of sp³-hybridized carbons (Fsp3) is 0.400. The number of hydrogen-bond donors (Lipinski definition) is 0. The molecule has 0 aromatic heterocycles. The first-order valence-corrected chi connectivity index (χ1v) is 5.27. The van der Waals surface area contributed by atoms with Gasteiger partial charge < -0.3 is 0 Å². The Kier molecular flexibility index (Phi) is 4.02. The van der Waals surface area contributed by atoms with Gasteiger partial charge in [-0.05, 0) is 6.92 Å². The zero-order chi connectivity index (χ0) is 11.5. The van der Waals surface area contributed by atoms with Crippen LogP contribution in [0.5, 0.6) is 0 Å². The molecule has 15 heavy (non-hydrogen) atoms. The Labute approximate surface area is 89.7 Å². The zero-order valence-electron chi connectivity index (χ0n) is 7.96. The first-order chi connectivity index (χ1) is 6.91. The Balaban J connectivity index is 0.000000187. The third-order valence-corrected chi connectivity index (χ3v) is 2.76. The van der Waals surface area contributed by atoms with Crippen LogP contribution < -0.4 is 0 Å². The van der Waals surface area contributed by atoms with E-state index in [4.69, 9.17) is 0 Å². The highest BCUT2D eigenvalue weighted by Crippen LogP contribution is 2.41. The van der Waals surface area contributed by atoms with Gasteiger partial charge in [0.25, 0.3) is 0 Å². The quantitative estimate of drug-likeness (QED) is 0.484. The number of halogens is 4. The van der Waals surface area contributed by atoms with Gasteiger partial charge in [-0.25, -0.2) is 4.39 Å². The van der Waals surface area contributed by atoms with Gasteiger partial charge >= 0.3 is 6.18 Å². The van der Waals surface area contributed by atoms with Gasteiger partial charge in [0.1, 0.15) is 0 Å². The lowest BCUT2D eigenvalue weighted by molar-refractivity contribution is -0.137. The lowest BCUT2D eigenvalue weighted by Gasteiger charge is -2.03. The molecule has 1 saturated heterocycles. The minimum absolute atomic E-state index is 0.301. The van der Waals surface area contributed by atoms with Gasteiger partial charge in [-0.3, -0.25) is 0 Å². The van der Waals surface area contributed by atoms with Crippen LogP contribution in [0.1, 0.15) is 12.5 Å². The molecular weight excluding hydrogens is 228 g/mol. The maximum atomic E-state index is 11.8. The molecule has 1 aliphatic rings. The molecule has 0 N–H and O–H groups in total. The second kappa shape index (κ2) is 4.88. The maximum Gasteiger partial charge on any atom is 0.416 e. The summed E-state index contributed by atoms with van der Waals surface area (Å²) in [5.41, 5.74) is -1.13. The number of hydrogen-bond acceptors (Lipinski definition) is 1. The highest BCUT2D eigenvalue weighted by atomic mass is 32.2. The first kappa shape index (κ1) is 12.4. The second-order valence-corrected chi connectivity index (χ2v) is 4.52. The van der Waals surface area contributed by atoms with Gasteiger partial charge in [0, 0.05) is 5.25 Å². The number of alkyl halides is 4. The third-order valence-electron chi connectivity index (χ3n) is 1.74. The highest BCUT2D eigenvalue weighted by Gasteiger charge is 2.33. The molecule has 1 aliphatic heterocycles. The Hall–Kier alpha value is -0.710. The molecule has 84 valence electrons. The summed E-state index contributed by atoms with van der Waals surface area (Å²) in [6, 6.07) is 6.36. The normalized spacial score (nSPS) is 24.1. The van der Waals surface area contributed by atoms with E-state index in [1.165, 1.54) is 23.9 Å². The molecule has 0 saturated carbocycles. The predicted octanol–water partition coefficient (Wildman–Crippen LogP) is 4.12. The Morgan fingerprint density at radius 2 is 1.53 bits per heavy atom. The topological polar surface area (TPSA) is 0 Å². The van der Waals surface area contributed by atoms with Crippen molar-refractivity contribution in [3.8, 4) is 0 Å². The van der Waals surface area contributed by atoms with E-state index in [1.807, 2.05) is 6.92 Å². The zero-order valence-corrected chi connectivity index (χ0v) is 8.78. The van der Waals surface area contributed by atoms with E-state index in [0.717, 1.165) is 12.1 Å². The minimum Gasteiger partial charge on any atom is -0.234 e. The van der Waals surface area contributed by atoms with Crippen LogP contribution in [0.4, 0.5) is 17.6 Å². The van der Waals surface area contributed by atoms with Crippen molar-refractivity contribution >= 4 is 11.8 Å². The molecular formula is C10H10F4S. The molecule has 0 amide bonds. The SMILES string of the molecule is CC1SC1F.FC(F)(F)c1ccccc1. The van der Waals surface area contributed by atoms with E-state index in [1.54, 1.807) is 6.07 Å². The monoisotopic (exact) mass is 238 g/mol. The lowest BCUT2D eigenvalue weighted by Crippen LogP contribution is -2.03. The molecule has 2 rings (SSSR count). The molecule has 0 spiro atoms. The van der Waals surface area contributed by atoms with Crippen molar-refractivity contribution < 1.29 is 17.6 Å². The van der Waals surface area contributed by atoms with Gasteiger partial charge in [-0.1, -0.05) is 30.3 Å². The van der Waals surface area contributed by atoms with Crippen LogP contribution in [0.2, 0.25) is 0 Å². The Morgan fingerprint density at radius 1 is 1.13 bits per heavy atom. The number of thioether (sulfide) groups is 1. The average molecular weight is 238 g/mol. The first-order valence-electron chi connectivity index (χ1n) is 4.33. The summed E-state index contributed by atoms with van der Waals surface area (Å²) < 4.78 is 46.8. The Morgan fingerprint density at radius 3 is 1.73 bits per heavy atom. The summed E-state index contributed by atoms with van der Waals surface area (Å²) in [4.78, 5) is 0. The van der Waals surface area contributed by atoms with Crippen molar-refractivity contribution in [1.29, 1.82) is 0 Å². The van der Waals surface area contributed by atoms with Crippen molar-refractivity contribution in [1.82, 2.24) is 0 Å². The molecule has 0 nitrogen and oxygen atoms in total. The van der Waals surface area contributed by atoms with E-state index in [2.05, 4.69) is 0 Å². The van der Waals surface area contributed by atoms with Crippen molar-refractivity contribution in [2.75, 3.05) is 0 Å². The van der Waals surface area contributed by atoms with Gasteiger partial charge in [-0.15, -0.1) is 11.8 Å². The van der Waals surface area contributed by atoms with E-state index < -0.39 is 17.2 Å². The van der Waals surface area contributed by atoms with Crippen LogP contribution in [0.15, 0.2) is 30.3 Å². The van der Waals surface area contributed by atoms with Crippen molar-refractivity contribution in [3.63, 3.8) is 0 Å². The van der Waals surface area contributed by atoms with Gasteiger partial charge in [0.05, 0.1) is 5.56 Å². The number of rotatable bonds is 0. The van der Waals surface area contributed by atoms with Gasteiger partial charge in [0.2, 0.25) is 0 Å².